The number of nitro groups is 1. The smallest absolute Gasteiger partial charge is 0.271 e. The number of allylic oxidation sites excluding steroid dienone is 1. The third kappa shape index (κ3) is 2.69. The minimum absolute atomic E-state index is 0.0810. The fraction of sp³-hybridized carbons (Fsp3) is 0.600. The van der Waals surface area contributed by atoms with Crippen molar-refractivity contribution in [2.75, 3.05) is 7.05 Å². The van der Waals surface area contributed by atoms with Crippen LogP contribution in [-0.2, 0) is 0 Å². The second kappa shape index (κ2) is 3.88. The van der Waals surface area contributed by atoms with Gasteiger partial charge in [-0.05, 0) is 0 Å². The molecule has 0 fully saturated rings. The molecule has 0 spiro atoms. The monoisotopic (exact) mass is 129 g/mol. The Kier molecular flexibility index (Phi) is 3.43. The summed E-state index contributed by atoms with van der Waals surface area (Å²) >= 11 is 0. The first-order valence-electron chi connectivity index (χ1n) is 2.65. The topological polar surface area (TPSA) is 55.2 Å². The summed E-state index contributed by atoms with van der Waals surface area (Å²) in [6, 6.07) is 0. The van der Waals surface area contributed by atoms with Gasteiger partial charge in [0.2, 0.25) is 0 Å². The Labute approximate surface area is 53.7 Å². The van der Waals surface area contributed by atoms with Crippen LogP contribution in [0.3, 0.4) is 0 Å². The molecule has 4 heteroatoms. The molecule has 0 atom stereocenters. The number of nitrogens with one attached hydrogen (secondary N) is 1. The van der Waals surface area contributed by atoms with Crippen LogP contribution in [0, 0.1) is 16.3 Å². The van der Waals surface area contributed by atoms with Crippen molar-refractivity contribution in [1.82, 2.24) is 5.32 Å². The van der Waals surface area contributed by atoms with Gasteiger partial charge in [0.25, 0.3) is 5.70 Å². The van der Waals surface area contributed by atoms with E-state index in [2.05, 4.69) is 11.5 Å². The molecular formula is C5H9N2O2. The number of nitrogens with zero attached hydrogens (tertiary/aromatic N) is 1. The van der Waals surface area contributed by atoms with Gasteiger partial charge in [0.05, 0.1) is 4.92 Å². The Hall–Kier alpha value is -1.06. The molecule has 0 saturated carbocycles. The van der Waals surface area contributed by atoms with Gasteiger partial charge in [-0.25, -0.2) is 0 Å². The van der Waals surface area contributed by atoms with E-state index in [1.165, 1.54) is 0 Å². The lowest BCUT2D eigenvalue weighted by atomic mass is 10.4. The maximum absolute atomic E-state index is 9.99. The minimum Gasteiger partial charge on any atom is -0.381 e. The van der Waals surface area contributed by atoms with Crippen molar-refractivity contribution >= 4 is 0 Å². The van der Waals surface area contributed by atoms with Crippen LogP contribution < -0.4 is 5.32 Å². The summed E-state index contributed by atoms with van der Waals surface area (Å²) in [6.45, 7) is 1.71. The molecule has 1 N–H and O–H groups in total. The zero-order chi connectivity index (χ0) is 7.28. The second-order valence-corrected chi connectivity index (χ2v) is 1.43. The van der Waals surface area contributed by atoms with Crippen LogP contribution in [0.15, 0.2) is 5.70 Å². The largest absolute Gasteiger partial charge is 0.381 e. The molecule has 0 saturated heterocycles. The summed E-state index contributed by atoms with van der Waals surface area (Å²) in [4.78, 5) is 9.54. The first-order chi connectivity index (χ1) is 4.22. The van der Waals surface area contributed by atoms with Gasteiger partial charge < -0.3 is 5.32 Å². The molecule has 51 valence electrons. The molecular weight excluding hydrogens is 120 g/mol. The van der Waals surface area contributed by atoms with E-state index in [-0.39, 0.29) is 5.70 Å². The highest BCUT2D eigenvalue weighted by Gasteiger charge is 2.04. The summed E-state index contributed by atoms with van der Waals surface area (Å²) < 4.78 is 0. The first kappa shape index (κ1) is 7.94. The molecule has 9 heavy (non-hydrogen) atoms. The van der Waals surface area contributed by atoms with Crippen molar-refractivity contribution in [3.8, 4) is 0 Å². The Balaban J connectivity index is 3.98. The number of hydrogen-bond acceptors (Lipinski definition) is 3. The molecule has 4 nitrogen and oxygen atoms in total. The lowest BCUT2D eigenvalue weighted by molar-refractivity contribution is -0.428. The van der Waals surface area contributed by atoms with Crippen LogP contribution in [-0.4, -0.2) is 12.0 Å². The van der Waals surface area contributed by atoms with Gasteiger partial charge in [-0.2, -0.15) is 0 Å². The molecule has 0 aromatic rings. The van der Waals surface area contributed by atoms with E-state index in [4.69, 9.17) is 0 Å². The molecule has 0 aromatic heterocycles. The lowest BCUT2D eigenvalue weighted by Crippen LogP contribution is -2.04. The van der Waals surface area contributed by atoms with E-state index in [1.807, 2.05) is 0 Å². The Bertz CT molecular complexity index is 131. The van der Waals surface area contributed by atoms with Crippen LogP contribution in [0.1, 0.15) is 13.3 Å². The number of rotatable bonds is 3. The van der Waals surface area contributed by atoms with Crippen molar-refractivity contribution in [1.29, 1.82) is 0 Å². The normalized spacial score (nSPS) is 11.1. The third-order valence-corrected chi connectivity index (χ3v) is 0.825. The zero-order valence-electron chi connectivity index (χ0n) is 5.47. The van der Waals surface area contributed by atoms with Crippen molar-refractivity contribution in [3.63, 3.8) is 0 Å². The van der Waals surface area contributed by atoms with Crippen molar-refractivity contribution in [3.05, 3.63) is 22.0 Å². The highest BCUT2D eigenvalue weighted by atomic mass is 16.6. The summed E-state index contributed by atoms with van der Waals surface area (Å²) in [6.07, 6.45) is 2.80. The number of hydrogen-bond donors (Lipinski definition) is 1. The van der Waals surface area contributed by atoms with Crippen LogP contribution in [0.2, 0.25) is 0 Å². The van der Waals surface area contributed by atoms with Gasteiger partial charge in [0, 0.05) is 13.5 Å². The highest BCUT2D eigenvalue weighted by molar-refractivity contribution is 4.80. The summed E-state index contributed by atoms with van der Waals surface area (Å²) in [5.74, 6) is 0. The predicted octanol–water partition coefficient (Wildman–Crippen LogP) is 0.537. The zero-order valence-corrected chi connectivity index (χ0v) is 5.47. The van der Waals surface area contributed by atoms with Gasteiger partial charge in [0.15, 0.2) is 0 Å². The molecule has 1 radical (unpaired) electrons. The Morgan fingerprint density at radius 2 is 2.44 bits per heavy atom. The van der Waals surface area contributed by atoms with Gasteiger partial charge in [-0.1, -0.05) is 6.92 Å². The molecule has 0 aliphatic rings. The van der Waals surface area contributed by atoms with Gasteiger partial charge in [-0.15, -0.1) is 0 Å². The predicted molar refractivity (Wildman–Crippen MR) is 33.1 cm³/mol. The maximum atomic E-state index is 9.99. The molecule has 0 amide bonds. The van der Waals surface area contributed by atoms with E-state index in [0.717, 1.165) is 0 Å². The van der Waals surface area contributed by atoms with Gasteiger partial charge in [-0.3, -0.25) is 10.1 Å². The quantitative estimate of drug-likeness (QED) is 0.343. The summed E-state index contributed by atoms with van der Waals surface area (Å²) in [5.41, 5.74) is 0.0810. The van der Waals surface area contributed by atoms with Gasteiger partial charge >= 0.3 is 0 Å². The molecule has 0 heterocycles. The molecule has 0 unspecified atom stereocenters. The lowest BCUT2D eigenvalue weighted by Gasteiger charge is -1.90. The van der Waals surface area contributed by atoms with E-state index in [1.54, 1.807) is 14.0 Å². The summed E-state index contributed by atoms with van der Waals surface area (Å²) in [7, 11) is 1.58. The Morgan fingerprint density at radius 3 is 2.56 bits per heavy atom. The first-order valence-corrected chi connectivity index (χ1v) is 2.65. The molecule has 0 aromatic carbocycles. The fourth-order valence-corrected chi connectivity index (χ4v) is 0.407. The second-order valence-electron chi connectivity index (χ2n) is 1.43. The van der Waals surface area contributed by atoms with Crippen LogP contribution in [0.4, 0.5) is 0 Å². The fourth-order valence-electron chi connectivity index (χ4n) is 0.407. The van der Waals surface area contributed by atoms with Crippen LogP contribution in [0.5, 0.6) is 0 Å². The van der Waals surface area contributed by atoms with E-state index in [9.17, 15) is 10.1 Å². The van der Waals surface area contributed by atoms with Gasteiger partial charge in [0.1, 0.15) is 6.20 Å². The molecule has 0 bridgehead atoms. The average molecular weight is 129 g/mol. The van der Waals surface area contributed by atoms with Crippen molar-refractivity contribution < 1.29 is 4.92 Å². The third-order valence-electron chi connectivity index (χ3n) is 0.825. The van der Waals surface area contributed by atoms with E-state index < -0.39 is 4.92 Å². The molecule has 0 aliphatic carbocycles. The molecule has 0 aliphatic heterocycles. The van der Waals surface area contributed by atoms with Crippen LogP contribution in [0.25, 0.3) is 0 Å². The van der Waals surface area contributed by atoms with E-state index in [0.29, 0.717) is 6.42 Å². The van der Waals surface area contributed by atoms with Crippen molar-refractivity contribution in [2.24, 2.45) is 0 Å². The SMILES string of the molecule is CCC(=[C]NC)[N+](=O)[O-]. The van der Waals surface area contributed by atoms with Crippen molar-refractivity contribution in [2.45, 2.75) is 13.3 Å². The minimum atomic E-state index is -0.448. The maximum Gasteiger partial charge on any atom is 0.271 e. The molecule has 0 rings (SSSR count). The standard InChI is InChI=1S/C5H9N2O2/c1-3-5(4-6-2)7(8)9/h6H,3H2,1-2H3. The van der Waals surface area contributed by atoms with Crippen LogP contribution >= 0.6 is 0 Å². The summed E-state index contributed by atoms with van der Waals surface area (Å²) in [5, 5.41) is 12.5. The highest BCUT2D eigenvalue weighted by Crippen LogP contribution is 1.96. The van der Waals surface area contributed by atoms with E-state index >= 15 is 0 Å². The Morgan fingerprint density at radius 1 is 1.89 bits per heavy atom. The average Bonchev–Trinajstić information content (AvgIpc) is 1.82.